The van der Waals surface area contributed by atoms with Crippen molar-refractivity contribution in [2.45, 2.75) is 49.9 Å². The lowest BCUT2D eigenvalue weighted by Crippen LogP contribution is -2.46. The molecule has 0 bridgehead atoms. The highest BCUT2D eigenvalue weighted by molar-refractivity contribution is 6.01. The van der Waals surface area contributed by atoms with Gasteiger partial charge in [-0.05, 0) is 85.4 Å². The molecular weight excluding hydrogens is 379 g/mol. The number of nitrogens with one attached hydrogen (secondary N) is 1. The Hall–Kier alpha value is -2.69. The molecule has 3 aliphatic carbocycles. The van der Waals surface area contributed by atoms with E-state index in [0.717, 1.165) is 56.3 Å². The highest BCUT2D eigenvalue weighted by Crippen LogP contribution is 2.57. The van der Waals surface area contributed by atoms with Crippen molar-refractivity contribution in [1.82, 2.24) is 0 Å². The van der Waals surface area contributed by atoms with Gasteiger partial charge in [-0.3, -0.25) is 9.59 Å². The van der Waals surface area contributed by atoms with Crippen LogP contribution in [0.5, 0.6) is 0 Å². The summed E-state index contributed by atoms with van der Waals surface area (Å²) in [5.74, 6) is 1.26. The molecule has 0 saturated heterocycles. The molecule has 0 radical (unpaired) electrons. The van der Waals surface area contributed by atoms with Gasteiger partial charge in [0, 0.05) is 23.8 Å². The maximum atomic E-state index is 13.3. The summed E-state index contributed by atoms with van der Waals surface area (Å²) in [4.78, 5) is 28.1. The van der Waals surface area contributed by atoms with Crippen molar-refractivity contribution in [1.29, 1.82) is 0 Å². The third kappa shape index (κ3) is 2.78. The van der Waals surface area contributed by atoms with Gasteiger partial charge in [-0.25, -0.2) is 4.39 Å². The predicted molar refractivity (Wildman–Crippen MR) is 113 cm³/mol. The molecule has 2 aromatic rings. The fraction of sp³-hybridized carbons (Fsp3) is 0.440. The van der Waals surface area contributed by atoms with Crippen LogP contribution in [-0.4, -0.2) is 18.4 Å². The molecule has 0 spiro atoms. The van der Waals surface area contributed by atoms with Crippen LogP contribution in [0.25, 0.3) is 0 Å². The summed E-state index contributed by atoms with van der Waals surface area (Å²) < 4.78 is 13.2. The molecule has 2 atom stereocenters. The van der Waals surface area contributed by atoms with E-state index in [1.54, 1.807) is 12.1 Å². The molecule has 30 heavy (non-hydrogen) atoms. The maximum absolute atomic E-state index is 13.3. The van der Waals surface area contributed by atoms with Crippen molar-refractivity contribution in [2.24, 2.45) is 11.8 Å². The minimum atomic E-state index is -0.531. The number of amides is 2. The number of benzene rings is 2. The number of carbonyl (C=O) groups is 2. The van der Waals surface area contributed by atoms with E-state index in [4.69, 9.17) is 0 Å². The second-order valence-electron chi connectivity index (χ2n) is 9.50. The normalized spacial score (nSPS) is 25.6. The maximum Gasteiger partial charge on any atom is 0.235 e. The highest BCUT2D eigenvalue weighted by atomic mass is 19.1. The van der Waals surface area contributed by atoms with Crippen LogP contribution < -0.4 is 10.2 Å². The van der Waals surface area contributed by atoms with Crippen molar-refractivity contribution in [3.63, 3.8) is 0 Å². The minimum absolute atomic E-state index is 0.0191. The van der Waals surface area contributed by atoms with Gasteiger partial charge in [0.2, 0.25) is 11.8 Å². The average molecular weight is 404 g/mol. The van der Waals surface area contributed by atoms with Crippen LogP contribution in [0, 0.1) is 17.7 Å². The summed E-state index contributed by atoms with van der Waals surface area (Å²) in [7, 11) is 0. The fourth-order valence-electron chi connectivity index (χ4n) is 5.28. The second kappa shape index (κ2) is 6.40. The molecule has 1 N–H and O–H groups in total. The lowest BCUT2D eigenvalue weighted by atomic mass is 9.63. The molecule has 0 aromatic heterocycles. The van der Waals surface area contributed by atoms with Crippen LogP contribution in [0.3, 0.4) is 0 Å². The van der Waals surface area contributed by atoms with Crippen LogP contribution in [0.15, 0.2) is 42.5 Å². The van der Waals surface area contributed by atoms with Gasteiger partial charge in [0.05, 0.1) is 5.41 Å². The van der Waals surface area contributed by atoms with E-state index in [1.807, 2.05) is 4.90 Å². The molecule has 4 nitrogen and oxygen atoms in total. The third-order valence-electron chi connectivity index (χ3n) is 7.55. The first kappa shape index (κ1) is 18.1. The predicted octanol–water partition coefficient (Wildman–Crippen LogP) is 4.75. The summed E-state index contributed by atoms with van der Waals surface area (Å²) in [6.07, 6.45) is 5.83. The summed E-state index contributed by atoms with van der Waals surface area (Å²) >= 11 is 0. The van der Waals surface area contributed by atoms with Gasteiger partial charge >= 0.3 is 0 Å². The molecule has 1 heterocycles. The Morgan fingerprint density at radius 2 is 1.83 bits per heavy atom. The summed E-state index contributed by atoms with van der Waals surface area (Å²) in [6, 6.07) is 12.3. The van der Waals surface area contributed by atoms with E-state index in [0.29, 0.717) is 17.5 Å². The lowest BCUT2D eigenvalue weighted by Gasteiger charge is -2.41. The number of hydrogen-bond acceptors (Lipinski definition) is 2. The monoisotopic (exact) mass is 404 g/mol. The van der Waals surface area contributed by atoms with Gasteiger partial charge in [-0.15, -0.1) is 0 Å². The van der Waals surface area contributed by atoms with Crippen LogP contribution >= 0.6 is 0 Å². The zero-order chi connectivity index (χ0) is 20.5. The molecular formula is C25H25FN2O2. The Labute approximate surface area is 175 Å². The Balaban J connectivity index is 1.31. The molecule has 154 valence electrons. The first-order chi connectivity index (χ1) is 14.5. The van der Waals surface area contributed by atoms with Crippen molar-refractivity contribution < 1.29 is 14.0 Å². The largest absolute Gasteiger partial charge is 0.325 e. The number of halogens is 1. The van der Waals surface area contributed by atoms with Gasteiger partial charge in [-0.2, -0.15) is 0 Å². The molecule has 1 aliphatic heterocycles. The van der Waals surface area contributed by atoms with E-state index in [1.165, 1.54) is 17.7 Å². The van der Waals surface area contributed by atoms with Gasteiger partial charge in [0.15, 0.2) is 0 Å². The number of nitrogens with zero attached hydrogens (tertiary/aromatic N) is 1. The van der Waals surface area contributed by atoms with Gasteiger partial charge in [0.1, 0.15) is 5.82 Å². The molecule has 6 rings (SSSR count). The van der Waals surface area contributed by atoms with Crippen LogP contribution in [-0.2, 0) is 15.0 Å². The molecule has 2 aromatic carbocycles. The summed E-state index contributed by atoms with van der Waals surface area (Å²) in [5.41, 5.74) is 3.45. The first-order valence-corrected chi connectivity index (χ1v) is 11.1. The Morgan fingerprint density at radius 3 is 2.50 bits per heavy atom. The zero-order valence-corrected chi connectivity index (χ0v) is 16.9. The standard InChI is InChI=1S/C25H25FN2O2/c26-18-5-7-19(8-6-18)27-24(30)25(10-1-11-25)17-4-9-22-21(13-17)20-12-16(20)14-28(22)23(29)15-2-3-15/h4-9,13,15-16,20H,1-3,10-12,14H2,(H,27,30). The quantitative estimate of drug-likeness (QED) is 0.800. The van der Waals surface area contributed by atoms with Gasteiger partial charge < -0.3 is 10.2 Å². The number of anilines is 2. The van der Waals surface area contributed by atoms with E-state index >= 15 is 0 Å². The highest BCUT2D eigenvalue weighted by Gasteiger charge is 2.50. The number of rotatable bonds is 4. The van der Waals surface area contributed by atoms with Gasteiger partial charge in [-0.1, -0.05) is 18.6 Å². The van der Waals surface area contributed by atoms with Crippen molar-refractivity contribution in [3.8, 4) is 0 Å². The Kier molecular flexibility index (Phi) is 3.86. The average Bonchev–Trinajstić information content (AvgIpc) is 3.61. The minimum Gasteiger partial charge on any atom is -0.325 e. The summed E-state index contributed by atoms with van der Waals surface area (Å²) in [5, 5.41) is 2.99. The number of hydrogen-bond donors (Lipinski definition) is 1. The van der Waals surface area contributed by atoms with Crippen LogP contribution in [0.1, 0.15) is 55.6 Å². The molecule has 2 amide bonds. The Bertz CT molecular complexity index is 1040. The van der Waals surface area contributed by atoms with Crippen molar-refractivity contribution >= 4 is 23.2 Å². The molecule has 2 unspecified atom stereocenters. The van der Waals surface area contributed by atoms with Crippen LogP contribution in [0.4, 0.5) is 15.8 Å². The fourth-order valence-corrected chi connectivity index (χ4v) is 5.28. The van der Waals surface area contributed by atoms with E-state index < -0.39 is 5.41 Å². The number of carbonyl (C=O) groups excluding carboxylic acids is 2. The smallest absolute Gasteiger partial charge is 0.235 e. The topological polar surface area (TPSA) is 49.4 Å². The molecule has 4 aliphatic rings. The van der Waals surface area contributed by atoms with E-state index in [9.17, 15) is 14.0 Å². The van der Waals surface area contributed by atoms with Crippen LogP contribution in [0.2, 0.25) is 0 Å². The van der Waals surface area contributed by atoms with Crippen molar-refractivity contribution in [2.75, 3.05) is 16.8 Å². The van der Waals surface area contributed by atoms with E-state index in [-0.39, 0.29) is 23.5 Å². The van der Waals surface area contributed by atoms with Gasteiger partial charge in [0.25, 0.3) is 0 Å². The lowest BCUT2D eigenvalue weighted by molar-refractivity contribution is -0.124. The zero-order valence-electron chi connectivity index (χ0n) is 16.9. The first-order valence-electron chi connectivity index (χ1n) is 11.1. The Morgan fingerprint density at radius 1 is 1.07 bits per heavy atom. The SMILES string of the molecule is O=C(C1CC1)N1CC2CC2c2cc(C3(C(=O)Nc4ccc(F)cc4)CCC3)ccc21. The second-order valence-corrected chi connectivity index (χ2v) is 9.50. The molecule has 3 saturated carbocycles. The third-order valence-corrected chi connectivity index (χ3v) is 7.55. The van der Waals surface area contributed by atoms with Crippen molar-refractivity contribution in [3.05, 3.63) is 59.4 Å². The molecule has 5 heteroatoms. The molecule has 3 fully saturated rings. The summed E-state index contributed by atoms with van der Waals surface area (Å²) in [6.45, 7) is 0.850. The number of fused-ring (bicyclic) bond motifs is 3. The van der Waals surface area contributed by atoms with E-state index in [2.05, 4.69) is 23.5 Å².